The second kappa shape index (κ2) is 7.06. The minimum absolute atomic E-state index is 0.288. The normalized spacial score (nSPS) is 14.1. The first-order chi connectivity index (χ1) is 9.20. The topological polar surface area (TPSA) is 26.7 Å². The molecule has 0 aromatic heterocycles. The van der Waals surface area contributed by atoms with Crippen LogP contribution in [0.2, 0.25) is 0 Å². The van der Waals surface area contributed by atoms with Gasteiger partial charge >= 0.3 is 6.18 Å². The molecule has 0 aliphatic carbocycles. The number of benzene rings is 1. The predicted octanol–water partition coefficient (Wildman–Crippen LogP) is 2.23. The number of rotatable bonds is 6. The van der Waals surface area contributed by atoms with Crippen LogP contribution in [-0.4, -0.2) is 55.7 Å². The van der Waals surface area contributed by atoms with Gasteiger partial charge in [-0.25, -0.2) is 0 Å². The molecule has 0 bridgehead atoms. The van der Waals surface area contributed by atoms with Crippen LogP contribution in [0, 0.1) is 0 Å². The lowest BCUT2D eigenvalue weighted by atomic mass is 10.1. The van der Waals surface area contributed by atoms with Gasteiger partial charge in [-0.05, 0) is 38.8 Å². The molecule has 20 heavy (non-hydrogen) atoms. The molecule has 0 amide bonds. The summed E-state index contributed by atoms with van der Waals surface area (Å²) in [4.78, 5) is 3.90. The minimum Gasteiger partial charge on any atom is -0.387 e. The second-order valence-corrected chi connectivity index (χ2v) is 5.20. The summed E-state index contributed by atoms with van der Waals surface area (Å²) in [6.45, 7) is 1.87. The monoisotopic (exact) mass is 290 g/mol. The smallest absolute Gasteiger partial charge is 0.387 e. The number of likely N-dealkylation sites (N-methyl/N-ethyl adjacent to an activating group) is 2. The van der Waals surface area contributed by atoms with E-state index in [2.05, 4.69) is 0 Å². The van der Waals surface area contributed by atoms with Gasteiger partial charge in [0.2, 0.25) is 0 Å². The van der Waals surface area contributed by atoms with Crippen LogP contribution < -0.4 is 0 Å². The third-order valence-corrected chi connectivity index (χ3v) is 3.01. The molecule has 114 valence electrons. The Balaban J connectivity index is 2.65. The van der Waals surface area contributed by atoms with Gasteiger partial charge in [0.1, 0.15) is 0 Å². The van der Waals surface area contributed by atoms with Gasteiger partial charge in [-0.1, -0.05) is 12.1 Å². The molecule has 1 unspecified atom stereocenters. The van der Waals surface area contributed by atoms with Crippen LogP contribution in [0.5, 0.6) is 0 Å². The zero-order valence-electron chi connectivity index (χ0n) is 12.0. The lowest BCUT2D eigenvalue weighted by Crippen LogP contribution is -2.31. The molecule has 3 nitrogen and oxygen atoms in total. The summed E-state index contributed by atoms with van der Waals surface area (Å²) in [6.07, 6.45) is -5.31. The maximum absolute atomic E-state index is 12.6. The van der Waals surface area contributed by atoms with E-state index in [1.165, 1.54) is 12.1 Å². The van der Waals surface area contributed by atoms with Crippen molar-refractivity contribution in [2.45, 2.75) is 12.3 Å². The van der Waals surface area contributed by atoms with Gasteiger partial charge in [0, 0.05) is 19.6 Å². The predicted molar refractivity (Wildman–Crippen MR) is 72.5 cm³/mol. The number of hydrogen-bond acceptors (Lipinski definition) is 3. The van der Waals surface area contributed by atoms with Crippen molar-refractivity contribution in [1.29, 1.82) is 0 Å². The van der Waals surface area contributed by atoms with E-state index in [4.69, 9.17) is 0 Å². The van der Waals surface area contributed by atoms with Gasteiger partial charge in [0.15, 0.2) is 0 Å². The molecule has 1 aromatic rings. The Bertz CT molecular complexity index is 421. The quantitative estimate of drug-likeness (QED) is 0.870. The molecular formula is C14H21F3N2O. The Hall–Kier alpha value is -1.11. The van der Waals surface area contributed by atoms with Crippen LogP contribution in [-0.2, 0) is 6.18 Å². The fourth-order valence-corrected chi connectivity index (χ4v) is 1.78. The molecule has 1 atom stereocenters. The molecule has 0 radical (unpaired) electrons. The van der Waals surface area contributed by atoms with E-state index in [0.717, 1.165) is 25.2 Å². The van der Waals surface area contributed by atoms with Gasteiger partial charge < -0.3 is 14.9 Å². The standard InChI is InChI=1S/C14H21F3N2O/c1-18(2)7-8-19(3)10-13(20)11-5-4-6-12(9-11)14(15,16)17/h4-6,9,13,20H,7-8,10H2,1-3H3. The third kappa shape index (κ3) is 5.48. The highest BCUT2D eigenvalue weighted by Crippen LogP contribution is 2.30. The third-order valence-electron chi connectivity index (χ3n) is 3.01. The van der Waals surface area contributed by atoms with E-state index in [-0.39, 0.29) is 5.56 Å². The second-order valence-electron chi connectivity index (χ2n) is 5.20. The van der Waals surface area contributed by atoms with E-state index >= 15 is 0 Å². The first kappa shape index (κ1) is 16.9. The highest BCUT2D eigenvalue weighted by molar-refractivity contribution is 5.27. The van der Waals surface area contributed by atoms with Crippen molar-refractivity contribution in [3.63, 3.8) is 0 Å². The molecule has 0 fully saturated rings. The van der Waals surface area contributed by atoms with E-state index in [1.54, 1.807) is 0 Å². The maximum Gasteiger partial charge on any atom is 0.416 e. The summed E-state index contributed by atoms with van der Waals surface area (Å²) in [7, 11) is 5.72. The van der Waals surface area contributed by atoms with Gasteiger partial charge in [-0.3, -0.25) is 0 Å². The number of aliphatic hydroxyl groups excluding tert-OH is 1. The van der Waals surface area contributed by atoms with Crippen LogP contribution >= 0.6 is 0 Å². The zero-order chi connectivity index (χ0) is 15.3. The highest BCUT2D eigenvalue weighted by atomic mass is 19.4. The molecule has 0 heterocycles. The Labute approximate surface area is 117 Å². The molecule has 6 heteroatoms. The van der Waals surface area contributed by atoms with Crippen LogP contribution in [0.3, 0.4) is 0 Å². The van der Waals surface area contributed by atoms with Crippen molar-refractivity contribution < 1.29 is 18.3 Å². The Kier molecular flexibility index (Phi) is 5.98. The molecule has 0 spiro atoms. The molecule has 0 saturated carbocycles. The summed E-state index contributed by atoms with van der Waals surface area (Å²) in [5.41, 5.74) is -0.443. The van der Waals surface area contributed by atoms with Crippen LogP contribution in [0.25, 0.3) is 0 Å². The Morgan fingerprint density at radius 3 is 2.35 bits per heavy atom. The zero-order valence-corrected chi connectivity index (χ0v) is 12.0. The molecular weight excluding hydrogens is 269 g/mol. The SMILES string of the molecule is CN(C)CCN(C)CC(O)c1cccc(C(F)(F)F)c1. The summed E-state index contributed by atoms with van der Waals surface area (Å²) in [5, 5.41) is 10.0. The van der Waals surface area contributed by atoms with E-state index in [0.29, 0.717) is 6.54 Å². The van der Waals surface area contributed by atoms with Gasteiger partial charge in [-0.2, -0.15) is 13.2 Å². The maximum atomic E-state index is 12.6. The van der Waals surface area contributed by atoms with Gasteiger partial charge in [-0.15, -0.1) is 0 Å². The van der Waals surface area contributed by atoms with Crippen LogP contribution in [0.4, 0.5) is 13.2 Å². The lowest BCUT2D eigenvalue weighted by molar-refractivity contribution is -0.137. The van der Waals surface area contributed by atoms with Crippen LogP contribution in [0.15, 0.2) is 24.3 Å². The summed E-state index contributed by atoms with van der Waals surface area (Å²) < 4.78 is 37.8. The fraction of sp³-hybridized carbons (Fsp3) is 0.571. The minimum atomic E-state index is -4.38. The molecule has 1 aromatic carbocycles. The van der Waals surface area contributed by atoms with E-state index < -0.39 is 17.8 Å². The van der Waals surface area contributed by atoms with Gasteiger partial charge in [0.05, 0.1) is 11.7 Å². The number of halogens is 3. The Morgan fingerprint density at radius 2 is 1.80 bits per heavy atom. The largest absolute Gasteiger partial charge is 0.416 e. The average Bonchev–Trinajstić information content (AvgIpc) is 2.35. The molecule has 0 aliphatic heterocycles. The van der Waals surface area contributed by atoms with Crippen LogP contribution in [0.1, 0.15) is 17.2 Å². The van der Waals surface area contributed by atoms with E-state index in [9.17, 15) is 18.3 Å². The first-order valence-electron chi connectivity index (χ1n) is 6.38. The number of hydrogen-bond donors (Lipinski definition) is 1. The number of nitrogens with zero attached hydrogens (tertiary/aromatic N) is 2. The number of aliphatic hydroxyl groups is 1. The fourth-order valence-electron chi connectivity index (χ4n) is 1.78. The van der Waals surface area contributed by atoms with Crippen molar-refractivity contribution in [2.75, 3.05) is 40.8 Å². The highest BCUT2D eigenvalue weighted by Gasteiger charge is 2.30. The summed E-state index contributed by atoms with van der Waals surface area (Å²) in [6, 6.07) is 4.84. The summed E-state index contributed by atoms with van der Waals surface area (Å²) in [5.74, 6) is 0. The average molecular weight is 290 g/mol. The van der Waals surface area contributed by atoms with Crippen molar-refractivity contribution in [3.05, 3.63) is 35.4 Å². The van der Waals surface area contributed by atoms with Crippen molar-refractivity contribution in [1.82, 2.24) is 9.80 Å². The van der Waals surface area contributed by atoms with Crippen molar-refractivity contribution in [3.8, 4) is 0 Å². The molecule has 1 rings (SSSR count). The van der Waals surface area contributed by atoms with Crippen molar-refractivity contribution in [2.24, 2.45) is 0 Å². The molecule has 0 aliphatic rings. The molecule has 0 saturated heterocycles. The summed E-state index contributed by atoms with van der Waals surface area (Å²) >= 11 is 0. The van der Waals surface area contributed by atoms with Gasteiger partial charge in [0.25, 0.3) is 0 Å². The Morgan fingerprint density at radius 1 is 1.15 bits per heavy atom. The van der Waals surface area contributed by atoms with Crippen molar-refractivity contribution >= 4 is 0 Å². The number of alkyl halides is 3. The van der Waals surface area contributed by atoms with E-state index in [1.807, 2.05) is 30.9 Å². The molecule has 1 N–H and O–H groups in total. The lowest BCUT2D eigenvalue weighted by Gasteiger charge is -2.22. The first-order valence-corrected chi connectivity index (χ1v) is 6.38.